The molecule has 0 aliphatic carbocycles. The first-order valence-corrected chi connectivity index (χ1v) is 14.9. The van der Waals surface area contributed by atoms with Crippen molar-refractivity contribution in [2.24, 2.45) is 0 Å². The summed E-state index contributed by atoms with van der Waals surface area (Å²) in [6, 6.07) is 11.9. The van der Waals surface area contributed by atoms with E-state index in [9.17, 15) is 14.3 Å². The molecule has 11 heteroatoms. The molecule has 2 N–H and O–H groups in total. The van der Waals surface area contributed by atoms with Gasteiger partial charge < -0.3 is 14.7 Å². The van der Waals surface area contributed by atoms with Crippen LogP contribution in [-0.2, 0) is 11.1 Å². The molecule has 0 aliphatic heterocycles. The number of fused-ring (bicyclic) bond motifs is 1. The smallest absolute Gasteiger partial charge is 0.376 e. The van der Waals surface area contributed by atoms with Gasteiger partial charge in [0.15, 0.2) is 11.5 Å². The fourth-order valence-corrected chi connectivity index (χ4v) is 5.42. The van der Waals surface area contributed by atoms with Crippen LogP contribution in [0, 0.1) is 0 Å². The van der Waals surface area contributed by atoms with Crippen LogP contribution < -0.4 is 9.84 Å². The second-order valence-corrected chi connectivity index (χ2v) is 11.3. The van der Waals surface area contributed by atoms with Crippen LogP contribution in [-0.4, -0.2) is 36.7 Å². The van der Waals surface area contributed by atoms with Crippen molar-refractivity contribution in [3.63, 3.8) is 0 Å². The third-order valence-electron chi connectivity index (χ3n) is 5.94. The van der Waals surface area contributed by atoms with Crippen LogP contribution in [0.3, 0.4) is 0 Å². The standard InChI is InChI=1S/C27H31ClN5O4P/c1-3-5-6-7-15-33-26-22(25(32-33)31-27(34)20-9-8-14-29-18-20)17-23(28)24(30-26)19-10-12-21(13-11-19)37-38(35,36)16-4-2/h8-14,17-18H,3-7,15-16H2,1-2H3,(H,35,36)(H,31,32,34). The zero-order valence-electron chi connectivity index (χ0n) is 21.4. The number of pyridine rings is 2. The number of halogens is 1. The minimum atomic E-state index is -3.69. The van der Waals surface area contributed by atoms with Gasteiger partial charge in [0.1, 0.15) is 5.75 Å². The van der Waals surface area contributed by atoms with Gasteiger partial charge in [-0.3, -0.25) is 9.78 Å². The van der Waals surface area contributed by atoms with E-state index in [1.807, 2.05) is 6.92 Å². The maximum absolute atomic E-state index is 12.8. The molecule has 0 radical (unpaired) electrons. The van der Waals surface area contributed by atoms with Gasteiger partial charge in [0.05, 0.1) is 27.8 Å². The monoisotopic (exact) mass is 555 g/mol. The highest BCUT2D eigenvalue weighted by atomic mass is 35.5. The number of unbranched alkanes of at least 4 members (excludes halogenated alkanes) is 3. The zero-order chi connectivity index (χ0) is 27.1. The Hall–Kier alpha value is -3.26. The Balaban J connectivity index is 1.67. The van der Waals surface area contributed by atoms with Crippen LogP contribution in [0.5, 0.6) is 5.75 Å². The normalized spacial score (nSPS) is 12.8. The SMILES string of the molecule is CCCCCCn1nc(NC(=O)c2cccnc2)c2cc(Cl)c(-c3ccc(OP(=O)(O)CCC)cc3)nc21. The Morgan fingerprint density at radius 1 is 1.13 bits per heavy atom. The van der Waals surface area contributed by atoms with E-state index in [1.54, 1.807) is 53.3 Å². The molecule has 0 saturated heterocycles. The Morgan fingerprint density at radius 3 is 2.61 bits per heavy atom. The van der Waals surface area contributed by atoms with Crippen molar-refractivity contribution in [1.29, 1.82) is 0 Å². The maximum Gasteiger partial charge on any atom is 0.376 e. The summed E-state index contributed by atoms with van der Waals surface area (Å²) in [5, 5.41) is 8.55. The van der Waals surface area contributed by atoms with Gasteiger partial charge in [-0.15, -0.1) is 0 Å². The van der Waals surface area contributed by atoms with E-state index < -0.39 is 7.60 Å². The van der Waals surface area contributed by atoms with Gasteiger partial charge in [-0.2, -0.15) is 5.10 Å². The average molecular weight is 556 g/mol. The van der Waals surface area contributed by atoms with E-state index in [1.165, 1.54) is 6.20 Å². The number of aromatic nitrogens is 4. The lowest BCUT2D eigenvalue weighted by atomic mass is 10.1. The van der Waals surface area contributed by atoms with Gasteiger partial charge >= 0.3 is 7.60 Å². The van der Waals surface area contributed by atoms with Crippen molar-refractivity contribution in [1.82, 2.24) is 19.7 Å². The van der Waals surface area contributed by atoms with Gasteiger partial charge in [0.25, 0.3) is 5.91 Å². The molecule has 0 saturated carbocycles. The molecule has 200 valence electrons. The molecule has 3 aromatic heterocycles. The minimum Gasteiger partial charge on any atom is -0.424 e. The van der Waals surface area contributed by atoms with E-state index >= 15 is 0 Å². The number of carbonyl (C=O) groups is 1. The predicted molar refractivity (Wildman–Crippen MR) is 150 cm³/mol. The van der Waals surface area contributed by atoms with Crippen LogP contribution in [0.4, 0.5) is 5.82 Å². The molecule has 0 spiro atoms. The number of rotatable bonds is 12. The fraction of sp³-hybridized carbons (Fsp3) is 0.333. The highest BCUT2D eigenvalue weighted by Crippen LogP contribution is 2.43. The lowest BCUT2D eigenvalue weighted by molar-refractivity contribution is 0.102. The van der Waals surface area contributed by atoms with Crippen LogP contribution in [0.1, 0.15) is 56.3 Å². The number of carbonyl (C=O) groups excluding carboxylic acids is 1. The summed E-state index contributed by atoms with van der Waals surface area (Å²) in [5.74, 6) is 0.353. The summed E-state index contributed by atoms with van der Waals surface area (Å²) in [5.41, 5.74) is 2.27. The maximum atomic E-state index is 12.8. The first kappa shape index (κ1) is 27.8. The highest BCUT2D eigenvalue weighted by Gasteiger charge is 2.21. The second-order valence-electron chi connectivity index (χ2n) is 8.99. The molecule has 4 rings (SSSR count). The van der Waals surface area contributed by atoms with E-state index in [-0.39, 0.29) is 12.1 Å². The molecule has 0 aliphatic rings. The molecule has 0 bridgehead atoms. The first-order chi connectivity index (χ1) is 18.3. The molecule has 38 heavy (non-hydrogen) atoms. The number of nitrogens with one attached hydrogen (secondary N) is 1. The Labute approximate surface area is 226 Å². The summed E-state index contributed by atoms with van der Waals surface area (Å²) in [6.45, 7) is 4.62. The van der Waals surface area contributed by atoms with E-state index in [0.29, 0.717) is 57.4 Å². The third-order valence-corrected chi connectivity index (χ3v) is 7.73. The summed E-state index contributed by atoms with van der Waals surface area (Å²) in [7, 11) is -3.69. The fourth-order valence-electron chi connectivity index (χ4n) is 4.05. The summed E-state index contributed by atoms with van der Waals surface area (Å²) >= 11 is 6.67. The number of nitrogens with zero attached hydrogens (tertiary/aromatic N) is 4. The zero-order valence-corrected chi connectivity index (χ0v) is 23.1. The number of amides is 1. The number of hydrogen-bond acceptors (Lipinski definition) is 6. The number of benzene rings is 1. The molecule has 1 amide bonds. The number of anilines is 1. The average Bonchev–Trinajstić information content (AvgIpc) is 3.22. The van der Waals surface area contributed by atoms with Crippen molar-refractivity contribution in [2.75, 3.05) is 11.5 Å². The molecular weight excluding hydrogens is 525 g/mol. The molecule has 1 unspecified atom stereocenters. The molecule has 1 aromatic carbocycles. The largest absolute Gasteiger partial charge is 0.424 e. The van der Waals surface area contributed by atoms with Crippen molar-refractivity contribution >= 4 is 42.0 Å². The summed E-state index contributed by atoms with van der Waals surface area (Å²) < 4.78 is 19.2. The van der Waals surface area contributed by atoms with Crippen molar-refractivity contribution < 1.29 is 18.8 Å². The second kappa shape index (κ2) is 12.5. The van der Waals surface area contributed by atoms with Crippen molar-refractivity contribution in [2.45, 2.75) is 52.5 Å². The Kier molecular flexibility index (Phi) is 9.15. The van der Waals surface area contributed by atoms with Crippen LogP contribution >= 0.6 is 19.2 Å². The van der Waals surface area contributed by atoms with Gasteiger partial charge in [0, 0.05) is 24.5 Å². The number of hydrogen-bond donors (Lipinski definition) is 2. The Morgan fingerprint density at radius 2 is 1.92 bits per heavy atom. The predicted octanol–water partition coefficient (Wildman–Crippen LogP) is 6.95. The van der Waals surface area contributed by atoms with Gasteiger partial charge in [-0.1, -0.05) is 44.7 Å². The molecule has 4 aromatic rings. The topological polar surface area (TPSA) is 119 Å². The highest BCUT2D eigenvalue weighted by molar-refractivity contribution is 7.53. The van der Waals surface area contributed by atoms with Gasteiger partial charge in [-0.05, 0) is 55.3 Å². The van der Waals surface area contributed by atoms with E-state index in [2.05, 4.69) is 22.3 Å². The quantitative estimate of drug-likeness (QED) is 0.143. The summed E-state index contributed by atoms with van der Waals surface area (Å²) in [4.78, 5) is 31.6. The molecule has 3 heterocycles. The van der Waals surface area contributed by atoms with E-state index in [0.717, 1.165) is 25.7 Å². The van der Waals surface area contributed by atoms with E-state index in [4.69, 9.17) is 21.1 Å². The van der Waals surface area contributed by atoms with Crippen LogP contribution in [0.2, 0.25) is 5.02 Å². The van der Waals surface area contributed by atoms with Gasteiger partial charge in [-0.25, -0.2) is 14.2 Å². The lowest BCUT2D eigenvalue weighted by Crippen LogP contribution is -2.13. The van der Waals surface area contributed by atoms with Crippen molar-refractivity contribution in [3.8, 4) is 17.0 Å². The number of aryl methyl sites for hydroxylation is 1. The van der Waals surface area contributed by atoms with Crippen molar-refractivity contribution in [3.05, 3.63) is 65.4 Å². The Bertz CT molecular complexity index is 1440. The molecule has 1 atom stereocenters. The summed E-state index contributed by atoms with van der Waals surface area (Å²) in [6.07, 6.45) is 7.95. The van der Waals surface area contributed by atoms with Crippen LogP contribution in [0.15, 0.2) is 54.9 Å². The lowest BCUT2D eigenvalue weighted by Gasteiger charge is -2.13. The molecular formula is C27H31ClN5O4P. The third kappa shape index (κ3) is 6.78. The molecule has 9 nitrogen and oxygen atoms in total. The molecule has 0 fully saturated rings. The van der Waals surface area contributed by atoms with Gasteiger partial charge in [0.2, 0.25) is 0 Å². The minimum absolute atomic E-state index is 0.0840. The van der Waals surface area contributed by atoms with Crippen LogP contribution in [0.25, 0.3) is 22.3 Å². The first-order valence-electron chi connectivity index (χ1n) is 12.7.